The van der Waals surface area contributed by atoms with Crippen LogP contribution in [-0.2, 0) is 0 Å². The summed E-state index contributed by atoms with van der Waals surface area (Å²) in [6.45, 7) is 1.66. The molecular weight excluding hydrogens is 240 g/mol. The molecule has 2 rings (SSSR count). The molecule has 0 saturated heterocycles. The van der Waals surface area contributed by atoms with Gasteiger partial charge in [0.1, 0.15) is 5.75 Å². The third-order valence-corrected chi connectivity index (χ3v) is 3.20. The van der Waals surface area contributed by atoms with E-state index in [-0.39, 0.29) is 17.1 Å². The number of benzene rings is 2. The average Bonchev–Trinajstić information content (AvgIpc) is 2.46. The zero-order valence-electron chi connectivity index (χ0n) is 10.7. The summed E-state index contributed by atoms with van der Waals surface area (Å²) in [7, 11) is 0. The van der Waals surface area contributed by atoms with Crippen molar-refractivity contribution in [1.29, 1.82) is 0 Å². The Hall–Kier alpha value is -2.13. The van der Waals surface area contributed by atoms with Crippen LogP contribution in [0.4, 0.5) is 0 Å². The highest BCUT2D eigenvalue weighted by molar-refractivity contribution is 6.00. The quantitative estimate of drug-likeness (QED) is 0.827. The zero-order valence-corrected chi connectivity index (χ0v) is 10.7. The number of hydrogen-bond acceptors (Lipinski definition) is 3. The van der Waals surface area contributed by atoms with Gasteiger partial charge in [-0.15, -0.1) is 0 Å². The van der Waals surface area contributed by atoms with Gasteiger partial charge in [-0.3, -0.25) is 4.79 Å². The third-order valence-electron chi connectivity index (χ3n) is 3.20. The second-order valence-corrected chi connectivity index (χ2v) is 4.53. The average molecular weight is 256 g/mol. The number of ketones is 1. The fourth-order valence-corrected chi connectivity index (χ4v) is 2.01. The fraction of sp³-hybridized carbons (Fsp3) is 0.188. The second kappa shape index (κ2) is 5.67. The number of carbonyl (C=O) groups is 1. The molecule has 0 bridgehead atoms. The molecule has 0 aliphatic heterocycles. The number of aromatic hydroxyl groups is 1. The first kappa shape index (κ1) is 13.3. The molecular formula is C16H16O3. The summed E-state index contributed by atoms with van der Waals surface area (Å²) in [5.41, 5.74) is 0.934. The van der Waals surface area contributed by atoms with E-state index in [2.05, 4.69) is 0 Å². The van der Waals surface area contributed by atoms with Crippen molar-refractivity contribution in [3.05, 3.63) is 65.7 Å². The van der Waals surface area contributed by atoms with Crippen molar-refractivity contribution < 1.29 is 15.0 Å². The molecule has 2 N–H and O–H groups in total. The van der Waals surface area contributed by atoms with Crippen LogP contribution in [0.15, 0.2) is 54.6 Å². The van der Waals surface area contributed by atoms with Crippen LogP contribution < -0.4 is 0 Å². The summed E-state index contributed by atoms with van der Waals surface area (Å²) >= 11 is 0. The molecule has 0 heterocycles. The predicted molar refractivity (Wildman–Crippen MR) is 73.0 cm³/mol. The van der Waals surface area contributed by atoms with Gasteiger partial charge in [0.15, 0.2) is 5.78 Å². The second-order valence-electron chi connectivity index (χ2n) is 4.53. The minimum Gasteiger partial charge on any atom is -0.507 e. The maximum atomic E-state index is 12.3. The smallest absolute Gasteiger partial charge is 0.172 e. The molecule has 3 heteroatoms. The van der Waals surface area contributed by atoms with Crippen molar-refractivity contribution in [3.63, 3.8) is 0 Å². The van der Waals surface area contributed by atoms with Crippen molar-refractivity contribution in [2.45, 2.75) is 13.0 Å². The molecule has 0 unspecified atom stereocenters. The molecule has 0 aliphatic rings. The van der Waals surface area contributed by atoms with Gasteiger partial charge in [-0.05, 0) is 17.7 Å². The Bertz CT molecular complexity index is 563. The number of para-hydroxylation sites is 1. The molecule has 0 aromatic heterocycles. The Morgan fingerprint density at radius 2 is 1.58 bits per heavy atom. The number of aliphatic hydroxyl groups is 1. The summed E-state index contributed by atoms with van der Waals surface area (Å²) in [5, 5.41) is 19.9. The molecule has 2 atom stereocenters. The zero-order chi connectivity index (χ0) is 13.8. The topological polar surface area (TPSA) is 57.5 Å². The van der Waals surface area contributed by atoms with Gasteiger partial charge < -0.3 is 10.2 Å². The van der Waals surface area contributed by atoms with Crippen molar-refractivity contribution in [1.82, 2.24) is 0 Å². The van der Waals surface area contributed by atoms with E-state index in [1.807, 2.05) is 18.2 Å². The first-order valence-electron chi connectivity index (χ1n) is 6.16. The molecule has 0 saturated carbocycles. The Labute approximate surface area is 112 Å². The van der Waals surface area contributed by atoms with E-state index in [9.17, 15) is 15.0 Å². The largest absolute Gasteiger partial charge is 0.507 e. The standard InChI is InChI=1S/C16H16O3/c1-11(15(18)12-7-3-2-4-8-12)16(19)13-9-5-6-10-14(13)17/h2-11,15,17-18H,1H3/t11-,15-/m1/s1. The summed E-state index contributed by atoms with van der Waals surface area (Å²) in [4.78, 5) is 12.3. The van der Waals surface area contributed by atoms with Gasteiger partial charge in [-0.1, -0.05) is 49.4 Å². The molecule has 0 fully saturated rings. The van der Waals surface area contributed by atoms with Gasteiger partial charge in [-0.2, -0.15) is 0 Å². The molecule has 19 heavy (non-hydrogen) atoms. The maximum Gasteiger partial charge on any atom is 0.172 e. The summed E-state index contributed by atoms with van der Waals surface area (Å²) in [6.07, 6.45) is -0.881. The van der Waals surface area contributed by atoms with Gasteiger partial charge in [0, 0.05) is 5.92 Å². The highest BCUT2D eigenvalue weighted by Gasteiger charge is 2.25. The van der Waals surface area contributed by atoms with Crippen LogP contribution in [0.1, 0.15) is 28.9 Å². The lowest BCUT2D eigenvalue weighted by atomic mass is 9.90. The Balaban J connectivity index is 2.23. The third kappa shape index (κ3) is 2.83. The monoisotopic (exact) mass is 256 g/mol. The maximum absolute atomic E-state index is 12.3. The predicted octanol–water partition coefficient (Wildman–Crippen LogP) is 2.94. The number of rotatable bonds is 4. The van der Waals surface area contributed by atoms with Gasteiger partial charge in [0.25, 0.3) is 0 Å². The number of Topliss-reactive ketones (excluding diaryl/α,β-unsaturated/α-hetero) is 1. The lowest BCUT2D eigenvalue weighted by Crippen LogP contribution is -2.19. The van der Waals surface area contributed by atoms with E-state index in [0.717, 1.165) is 0 Å². The minimum absolute atomic E-state index is 0.0559. The molecule has 3 nitrogen and oxygen atoms in total. The van der Waals surface area contributed by atoms with E-state index in [4.69, 9.17) is 0 Å². The van der Waals surface area contributed by atoms with Crippen molar-refractivity contribution in [2.75, 3.05) is 0 Å². The molecule has 0 aliphatic carbocycles. The molecule has 0 spiro atoms. The SMILES string of the molecule is C[C@@H](C(=O)c1ccccc1O)[C@@H](O)c1ccccc1. The van der Waals surface area contributed by atoms with Crippen LogP contribution in [0.3, 0.4) is 0 Å². The Kier molecular flexibility index (Phi) is 3.97. The first-order chi connectivity index (χ1) is 9.11. The number of phenolic OH excluding ortho intramolecular Hbond substituents is 1. The highest BCUT2D eigenvalue weighted by Crippen LogP contribution is 2.27. The van der Waals surface area contributed by atoms with Gasteiger partial charge in [-0.25, -0.2) is 0 Å². The molecule has 2 aromatic rings. The van der Waals surface area contributed by atoms with E-state index in [0.29, 0.717) is 5.56 Å². The molecule has 0 amide bonds. The van der Waals surface area contributed by atoms with Crippen molar-refractivity contribution >= 4 is 5.78 Å². The lowest BCUT2D eigenvalue weighted by Gasteiger charge is -2.18. The highest BCUT2D eigenvalue weighted by atomic mass is 16.3. The van der Waals surface area contributed by atoms with Crippen LogP contribution in [-0.4, -0.2) is 16.0 Å². The molecule has 2 aromatic carbocycles. The number of aliphatic hydroxyl groups excluding tert-OH is 1. The Morgan fingerprint density at radius 1 is 1.00 bits per heavy atom. The van der Waals surface area contributed by atoms with Gasteiger partial charge in [0.2, 0.25) is 0 Å². The van der Waals surface area contributed by atoms with Gasteiger partial charge in [0.05, 0.1) is 11.7 Å². The van der Waals surface area contributed by atoms with Gasteiger partial charge >= 0.3 is 0 Å². The lowest BCUT2D eigenvalue weighted by molar-refractivity contribution is 0.0711. The number of hydrogen-bond donors (Lipinski definition) is 2. The van der Waals surface area contributed by atoms with E-state index in [1.54, 1.807) is 37.3 Å². The molecule has 0 radical (unpaired) electrons. The minimum atomic E-state index is -0.881. The summed E-state index contributed by atoms with van der Waals surface area (Å²) in [6, 6.07) is 15.4. The van der Waals surface area contributed by atoms with Crippen molar-refractivity contribution in [3.8, 4) is 5.75 Å². The number of carbonyl (C=O) groups excluding carboxylic acids is 1. The van der Waals surface area contributed by atoms with E-state index < -0.39 is 12.0 Å². The Morgan fingerprint density at radius 3 is 2.21 bits per heavy atom. The number of phenols is 1. The summed E-state index contributed by atoms with van der Waals surface area (Å²) in [5.74, 6) is -0.940. The van der Waals surface area contributed by atoms with Crippen LogP contribution >= 0.6 is 0 Å². The fourth-order valence-electron chi connectivity index (χ4n) is 2.01. The van der Waals surface area contributed by atoms with Crippen LogP contribution in [0, 0.1) is 5.92 Å². The first-order valence-corrected chi connectivity index (χ1v) is 6.16. The van der Waals surface area contributed by atoms with Crippen LogP contribution in [0.5, 0.6) is 5.75 Å². The molecule has 98 valence electrons. The van der Waals surface area contributed by atoms with Crippen LogP contribution in [0.25, 0.3) is 0 Å². The van der Waals surface area contributed by atoms with Crippen molar-refractivity contribution in [2.24, 2.45) is 5.92 Å². The normalized spacial score (nSPS) is 13.8. The van der Waals surface area contributed by atoms with Crippen LogP contribution in [0.2, 0.25) is 0 Å². The van der Waals surface area contributed by atoms with E-state index in [1.165, 1.54) is 6.07 Å². The van der Waals surface area contributed by atoms with E-state index >= 15 is 0 Å². The summed E-state index contributed by atoms with van der Waals surface area (Å²) < 4.78 is 0.